The van der Waals surface area contributed by atoms with Crippen LogP contribution in [-0.2, 0) is 21.2 Å². The molecule has 3 atom stereocenters. The van der Waals surface area contributed by atoms with E-state index >= 15 is 0 Å². The van der Waals surface area contributed by atoms with E-state index in [2.05, 4.69) is 10.0 Å². The van der Waals surface area contributed by atoms with E-state index in [1.165, 1.54) is 6.07 Å². The summed E-state index contributed by atoms with van der Waals surface area (Å²) in [5, 5.41) is 14.3. The zero-order valence-electron chi connectivity index (χ0n) is 21.8. The van der Waals surface area contributed by atoms with Crippen LogP contribution in [-0.4, -0.2) is 80.2 Å². The highest BCUT2D eigenvalue weighted by Crippen LogP contribution is 2.30. The molecule has 0 saturated carbocycles. The quantitative estimate of drug-likeness (QED) is 0.462. The molecule has 1 aliphatic heterocycles. The second-order valence-corrected chi connectivity index (χ2v) is 12.6. The molecule has 204 valence electrons. The van der Waals surface area contributed by atoms with Gasteiger partial charge in [0.05, 0.1) is 25.6 Å². The zero-order valence-corrected chi connectivity index (χ0v) is 23.4. The normalized spacial score (nSPS) is 19.2. The number of benzene rings is 1. The number of likely N-dealkylation sites (N-methyl/N-ethyl adjacent to an activating group) is 1. The molecule has 1 aromatic carbocycles. The average molecular weight is 553 g/mol. The lowest BCUT2D eigenvalue weighted by Crippen LogP contribution is -2.49. The highest BCUT2D eigenvalue weighted by molar-refractivity contribution is 7.94. The van der Waals surface area contributed by atoms with Crippen LogP contribution in [0.2, 0.25) is 0 Å². The van der Waals surface area contributed by atoms with Crippen LogP contribution in [0, 0.1) is 5.92 Å². The molecule has 0 saturated heterocycles. The largest absolute Gasteiger partial charge is 0.488 e. The number of nitrogens with one attached hydrogen (secondary N) is 2. The predicted octanol–water partition coefficient (Wildman–Crippen LogP) is 2.75. The van der Waals surface area contributed by atoms with Crippen LogP contribution in [0.3, 0.4) is 0 Å². The number of hydrogen-bond acceptors (Lipinski definition) is 7. The molecule has 0 fully saturated rings. The minimum Gasteiger partial charge on any atom is -0.488 e. The van der Waals surface area contributed by atoms with Gasteiger partial charge in [-0.25, -0.2) is 13.2 Å². The molecule has 2 heterocycles. The van der Waals surface area contributed by atoms with Crippen LogP contribution in [0.5, 0.6) is 5.75 Å². The Kier molecular flexibility index (Phi) is 9.43. The third-order valence-electron chi connectivity index (χ3n) is 6.14. The minimum absolute atomic E-state index is 0.0237. The molecule has 0 spiro atoms. The van der Waals surface area contributed by atoms with Crippen molar-refractivity contribution in [3.05, 3.63) is 41.3 Å². The Bertz CT molecular complexity index is 1190. The van der Waals surface area contributed by atoms with Gasteiger partial charge in [0.2, 0.25) is 5.91 Å². The van der Waals surface area contributed by atoms with Gasteiger partial charge in [0, 0.05) is 36.8 Å². The molecule has 0 radical (unpaired) electrons. The minimum atomic E-state index is -3.77. The maximum Gasteiger partial charge on any atom is 0.317 e. The second-order valence-electron chi connectivity index (χ2n) is 9.73. The first kappa shape index (κ1) is 28.7. The summed E-state index contributed by atoms with van der Waals surface area (Å²) in [6, 6.07) is 7.34. The zero-order chi connectivity index (χ0) is 27.3. The van der Waals surface area contributed by atoms with E-state index in [9.17, 15) is 23.1 Å². The van der Waals surface area contributed by atoms with Gasteiger partial charge in [0.25, 0.3) is 10.0 Å². The summed E-state index contributed by atoms with van der Waals surface area (Å²) in [5.41, 5.74) is 0.822. The first-order chi connectivity index (χ1) is 17.4. The molecule has 3 N–H and O–H groups in total. The highest BCUT2D eigenvalue weighted by Gasteiger charge is 2.32. The van der Waals surface area contributed by atoms with E-state index in [1.54, 1.807) is 53.4 Å². The SMILES string of the molecule is CC(C)NC(=O)N(C)C[C@@H]1Oc2ccc(NS(=O)(=O)c3cccs3)cc2CC(=O)N([C@H](C)CO)C[C@@H]1C. The van der Waals surface area contributed by atoms with Crippen molar-refractivity contribution < 1.29 is 27.9 Å². The second kappa shape index (κ2) is 12.1. The molecule has 12 heteroatoms. The first-order valence-electron chi connectivity index (χ1n) is 12.2. The smallest absolute Gasteiger partial charge is 0.317 e. The van der Waals surface area contributed by atoms with Gasteiger partial charge in [-0.1, -0.05) is 13.0 Å². The number of aliphatic hydroxyl groups is 1. The lowest BCUT2D eigenvalue weighted by Gasteiger charge is -2.34. The van der Waals surface area contributed by atoms with Crippen LogP contribution >= 0.6 is 11.3 Å². The van der Waals surface area contributed by atoms with E-state index in [0.29, 0.717) is 23.5 Å². The summed E-state index contributed by atoms with van der Waals surface area (Å²) >= 11 is 1.11. The molecule has 0 bridgehead atoms. The molecule has 1 aliphatic rings. The monoisotopic (exact) mass is 552 g/mol. The van der Waals surface area contributed by atoms with Gasteiger partial charge in [-0.2, -0.15) is 0 Å². The lowest BCUT2D eigenvalue weighted by atomic mass is 10.0. The maximum atomic E-state index is 13.3. The van der Waals surface area contributed by atoms with E-state index in [-0.39, 0.29) is 47.7 Å². The van der Waals surface area contributed by atoms with Gasteiger partial charge >= 0.3 is 6.03 Å². The molecular weight excluding hydrogens is 516 g/mol. The van der Waals surface area contributed by atoms with Crippen molar-refractivity contribution in [1.29, 1.82) is 0 Å². The van der Waals surface area contributed by atoms with Crippen LogP contribution in [0.1, 0.15) is 33.3 Å². The van der Waals surface area contributed by atoms with Crippen molar-refractivity contribution in [2.75, 3.05) is 31.5 Å². The van der Waals surface area contributed by atoms with Crippen LogP contribution in [0.15, 0.2) is 39.9 Å². The van der Waals surface area contributed by atoms with Gasteiger partial charge in [-0.3, -0.25) is 9.52 Å². The van der Waals surface area contributed by atoms with E-state index < -0.39 is 22.2 Å². The number of nitrogens with zero attached hydrogens (tertiary/aromatic N) is 2. The lowest BCUT2D eigenvalue weighted by molar-refractivity contribution is -0.134. The van der Waals surface area contributed by atoms with Crippen molar-refractivity contribution in [3.63, 3.8) is 0 Å². The van der Waals surface area contributed by atoms with Crippen molar-refractivity contribution in [3.8, 4) is 5.75 Å². The molecule has 1 aromatic heterocycles. The summed E-state index contributed by atoms with van der Waals surface area (Å²) < 4.78 is 34.6. The van der Waals surface area contributed by atoms with Gasteiger partial charge in [0.15, 0.2) is 0 Å². The fraction of sp³-hybridized carbons (Fsp3) is 0.520. The average Bonchev–Trinajstić information content (AvgIpc) is 3.38. The highest BCUT2D eigenvalue weighted by atomic mass is 32.2. The molecule has 3 rings (SSSR count). The molecule has 0 unspecified atom stereocenters. The Morgan fingerprint density at radius 1 is 1.30 bits per heavy atom. The Labute approximate surface area is 222 Å². The van der Waals surface area contributed by atoms with Crippen LogP contribution < -0.4 is 14.8 Å². The Balaban J connectivity index is 1.95. The number of rotatable bonds is 8. The number of thiophene rings is 1. The Hall–Kier alpha value is -2.83. The predicted molar refractivity (Wildman–Crippen MR) is 143 cm³/mol. The molecule has 3 amide bonds. The fourth-order valence-electron chi connectivity index (χ4n) is 4.04. The molecule has 0 aliphatic carbocycles. The number of amides is 3. The fourth-order valence-corrected chi connectivity index (χ4v) is 6.09. The van der Waals surface area contributed by atoms with E-state index in [1.807, 2.05) is 20.8 Å². The van der Waals surface area contributed by atoms with Crippen molar-refractivity contribution in [2.45, 2.75) is 56.5 Å². The summed E-state index contributed by atoms with van der Waals surface area (Å²) in [5.74, 6) is 0.0683. The molecular formula is C25H36N4O6S2. The summed E-state index contributed by atoms with van der Waals surface area (Å²) in [4.78, 5) is 29.0. The maximum absolute atomic E-state index is 13.3. The summed E-state index contributed by atoms with van der Waals surface area (Å²) in [6.07, 6.45) is -0.494. The third-order valence-corrected chi connectivity index (χ3v) is 8.92. The Morgan fingerprint density at radius 3 is 2.65 bits per heavy atom. The van der Waals surface area contributed by atoms with Gasteiger partial charge in [-0.15, -0.1) is 11.3 Å². The number of urea groups is 1. The van der Waals surface area contributed by atoms with E-state index in [0.717, 1.165) is 11.3 Å². The molecule has 37 heavy (non-hydrogen) atoms. The van der Waals surface area contributed by atoms with Gasteiger partial charge in [0.1, 0.15) is 16.1 Å². The third kappa shape index (κ3) is 7.36. The number of carbonyl (C=O) groups excluding carboxylic acids is 2. The summed E-state index contributed by atoms with van der Waals surface area (Å²) in [6.45, 7) is 7.87. The Morgan fingerprint density at radius 2 is 2.03 bits per heavy atom. The number of aliphatic hydroxyl groups excluding tert-OH is 1. The number of sulfonamides is 1. The number of fused-ring (bicyclic) bond motifs is 1. The number of anilines is 1. The van der Waals surface area contributed by atoms with Gasteiger partial charge in [-0.05, 0) is 50.4 Å². The topological polar surface area (TPSA) is 128 Å². The molecule has 10 nitrogen and oxygen atoms in total. The van der Waals surface area contributed by atoms with Crippen molar-refractivity contribution in [1.82, 2.24) is 15.1 Å². The van der Waals surface area contributed by atoms with Crippen LogP contribution in [0.25, 0.3) is 0 Å². The number of carbonyl (C=O) groups is 2. The summed E-state index contributed by atoms with van der Waals surface area (Å²) in [7, 11) is -2.08. The van der Waals surface area contributed by atoms with Crippen molar-refractivity contribution in [2.24, 2.45) is 5.92 Å². The first-order valence-corrected chi connectivity index (χ1v) is 14.6. The molecule has 2 aromatic rings. The van der Waals surface area contributed by atoms with E-state index in [4.69, 9.17) is 4.74 Å². The van der Waals surface area contributed by atoms with Crippen molar-refractivity contribution >= 4 is 39.0 Å². The van der Waals surface area contributed by atoms with Gasteiger partial charge < -0.3 is 25.0 Å². The number of ether oxygens (including phenoxy) is 1. The number of hydrogen-bond donors (Lipinski definition) is 3. The van der Waals surface area contributed by atoms with Crippen LogP contribution in [0.4, 0.5) is 10.5 Å². The standard InChI is InChI=1S/C25H36N4O6S2/c1-16(2)26-25(32)28(5)14-22-17(3)13-29(18(4)15-30)23(31)12-19-11-20(8-9-21(19)35-22)27-37(33,34)24-7-6-10-36-24/h6-11,16-18,22,27,30H,12-15H2,1-5H3,(H,26,32)/t17-,18+,22-/m0/s1.